The minimum Gasteiger partial charge on any atom is -0.481 e. The van der Waals surface area contributed by atoms with Gasteiger partial charge in [0.2, 0.25) is 0 Å². The molecule has 0 aliphatic heterocycles. The van der Waals surface area contributed by atoms with Crippen LogP contribution < -0.4 is 0 Å². The van der Waals surface area contributed by atoms with Gasteiger partial charge in [-0.3, -0.25) is 4.79 Å². The molecule has 1 N–H and O–H groups in total. The minimum atomic E-state index is -0.834. The lowest BCUT2D eigenvalue weighted by Gasteiger charge is -2.29. The number of thiazole rings is 1. The first-order chi connectivity index (χ1) is 8.66. The van der Waals surface area contributed by atoms with E-state index in [0.29, 0.717) is 5.69 Å². The van der Waals surface area contributed by atoms with Crippen LogP contribution in [0.3, 0.4) is 0 Å². The van der Waals surface area contributed by atoms with Crippen LogP contribution in [0.25, 0.3) is 0 Å². The normalized spacial score (nSPS) is 19.4. The third-order valence-electron chi connectivity index (χ3n) is 3.58. The number of ether oxygens (including phenoxy) is 1. The molecule has 0 radical (unpaired) electrons. The molecule has 18 heavy (non-hydrogen) atoms. The van der Waals surface area contributed by atoms with Crippen molar-refractivity contribution in [3.05, 3.63) is 16.1 Å². The molecule has 0 unspecified atom stereocenters. The predicted molar refractivity (Wildman–Crippen MR) is 69.8 cm³/mol. The molecule has 1 heterocycles. The van der Waals surface area contributed by atoms with Crippen molar-refractivity contribution in [2.45, 2.75) is 50.5 Å². The number of aliphatic carboxylic acids is 1. The topological polar surface area (TPSA) is 59.4 Å². The van der Waals surface area contributed by atoms with Gasteiger partial charge in [-0.05, 0) is 12.8 Å². The van der Waals surface area contributed by atoms with Crippen molar-refractivity contribution >= 4 is 17.3 Å². The summed E-state index contributed by atoms with van der Waals surface area (Å²) in [4.78, 5) is 15.2. The van der Waals surface area contributed by atoms with E-state index in [4.69, 9.17) is 9.84 Å². The van der Waals surface area contributed by atoms with E-state index in [-0.39, 0.29) is 12.0 Å². The predicted octanol–water partition coefficient (Wildman–Crippen LogP) is 2.97. The summed E-state index contributed by atoms with van der Waals surface area (Å²) in [7, 11) is 1.74. The molecule has 0 atom stereocenters. The molecule has 4 nitrogen and oxygen atoms in total. The molecule has 0 saturated heterocycles. The quantitative estimate of drug-likeness (QED) is 0.854. The second-order valence-electron chi connectivity index (χ2n) is 4.83. The second kappa shape index (κ2) is 5.80. The zero-order valence-electron chi connectivity index (χ0n) is 10.6. The summed E-state index contributed by atoms with van der Waals surface area (Å²) in [5, 5.41) is 11.6. The molecule has 2 rings (SSSR count). The van der Waals surface area contributed by atoms with E-state index < -0.39 is 5.97 Å². The Morgan fingerprint density at radius 2 is 2.11 bits per heavy atom. The second-order valence-corrected chi connectivity index (χ2v) is 5.69. The molecular weight excluding hydrogens is 250 g/mol. The maximum atomic E-state index is 10.7. The highest BCUT2D eigenvalue weighted by Gasteiger charge is 2.35. The van der Waals surface area contributed by atoms with Crippen molar-refractivity contribution < 1.29 is 14.6 Å². The number of hydrogen-bond donors (Lipinski definition) is 1. The lowest BCUT2D eigenvalue weighted by Crippen LogP contribution is -2.27. The minimum absolute atomic E-state index is 0.00368. The molecule has 1 saturated carbocycles. The average Bonchev–Trinajstić information content (AvgIpc) is 2.66. The van der Waals surface area contributed by atoms with E-state index in [2.05, 4.69) is 4.98 Å². The van der Waals surface area contributed by atoms with Crippen molar-refractivity contribution in [2.75, 3.05) is 7.11 Å². The van der Waals surface area contributed by atoms with Gasteiger partial charge in [0.15, 0.2) is 0 Å². The van der Waals surface area contributed by atoms with Gasteiger partial charge in [-0.2, -0.15) is 0 Å². The number of nitrogens with zero attached hydrogens (tertiary/aromatic N) is 1. The van der Waals surface area contributed by atoms with Crippen LogP contribution in [0.15, 0.2) is 5.38 Å². The summed E-state index contributed by atoms with van der Waals surface area (Å²) in [6.07, 6.45) is 6.78. The average molecular weight is 269 g/mol. The van der Waals surface area contributed by atoms with Crippen LogP contribution in [-0.2, 0) is 21.6 Å². The molecule has 1 aromatic rings. The number of carbonyl (C=O) groups is 1. The number of carboxylic acid groups (broad SMARTS) is 1. The van der Waals surface area contributed by atoms with Crippen LogP contribution in [0.5, 0.6) is 0 Å². The largest absolute Gasteiger partial charge is 0.481 e. The fraction of sp³-hybridized carbons (Fsp3) is 0.692. The molecular formula is C13H19NO3S. The molecule has 1 aliphatic rings. The van der Waals surface area contributed by atoms with E-state index in [1.165, 1.54) is 24.2 Å². The van der Waals surface area contributed by atoms with E-state index in [0.717, 1.165) is 30.7 Å². The smallest absolute Gasteiger partial charge is 0.309 e. The van der Waals surface area contributed by atoms with Crippen molar-refractivity contribution in [3.8, 4) is 0 Å². The van der Waals surface area contributed by atoms with Crippen molar-refractivity contribution in [1.29, 1.82) is 0 Å². The Labute approximate surface area is 111 Å². The van der Waals surface area contributed by atoms with Crippen LogP contribution in [0.2, 0.25) is 0 Å². The monoisotopic (exact) mass is 269 g/mol. The molecule has 5 heteroatoms. The van der Waals surface area contributed by atoms with E-state index in [1.54, 1.807) is 7.11 Å². The molecule has 1 fully saturated rings. The first kappa shape index (κ1) is 13.5. The molecule has 0 bridgehead atoms. The van der Waals surface area contributed by atoms with Gasteiger partial charge in [-0.15, -0.1) is 11.3 Å². The van der Waals surface area contributed by atoms with Gasteiger partial charge < -0.3 is 9.84 Å². The summed E-state index contributed by atoms with van der Waals surface area (Å²) >= 11 is 1.53. The zero-order valence-corrected chi connectivity index (χ0v) is 11.5. The Morgan fingerprint density at radius 1 is 1.44 bits per heavy atom. The number of aromatic nitrogens is 1. The molecule has 0 amide bonds. The standard InChI is InChI=1S/C13H19NO3S/c1-17-13(6-4-2-3-5-7-13)12-14-10(9-18-12)8-11(15)16/h9H,2-8H2,1H3,(H,15,16). The zero-order chi connectivity index (χ0) is 13.0. The SMILES string of the molecule is COC1(c2nc(CC(=O)O)cs2)CCCCCC1. The number of carboxylic acids is 1. The number of methoxy groups -OCH3 is 1. The highest BCUT2D eigenvalue weighted by atomic mass is 32.1. The first-order valence-corrected chi connectivity index (χ1v) is 7.26. The van der Waals surface area contributed by atoms with Gasteiger partial charge in [0.1, 0.15) is 10.6 Å². The van der Waals surface area contributed by atoms with Gasteiger partial charge in [-0.25, -0.2) is 4.98 Å². The Balaban J connectivity index is 2.20. The van der Waals surface area contributed by atoms with Gasteiger partial charge in [0.25, 0.3) is 0 Å². The summed E-state index contributed by atoms with van der Waals surface area (Å²) in [5.41, 5.74) is 0.362. The maximum Gasteiger partial charge on any atom is 0.309 e. The van der Waals surface area contributed by atoms with Gasteiger partial charge in [0.05, 0.1) is 12.1 Å². The molecule has 0 aromatic carbocycles. The Hall–Kier alpha value is -0.940. The van der Waals surface area contributed by atoms with E-state index >= 15 is 0 Å². The summed E-state index contributed by atoms with van der Waals surface area (Å²) in [6.45, 7) is 0. The van der Waals surface area contributed by atoms with Gasteiger partial charge in [0, 0.05) is 12.5 Å². The van der Waals surface area contributed by atoms with Gasteiger partial charge >= 0.3 is 5.97 Å². The summed E-state index contributed by atoms with van der Waals surface area (Å²) in [6, 6.07) is 0. The maximum absolute atomic E-state index is 10.7. The highest BCUT2D eigenvalue weighted by molar-refractivity contribution is 7.09. The van der Waals surface area contributed by atoms with E-state index in [9.17, 15) is 4.79 Å². The Bertz CT molecular complexity index is 408. The van der Waals surface area contributed by atoms with E-state index in [1.807, 2.05) is 5.38 Å². The summed E-state index contributed by atoms with van der Waals surface area (Å²) < 4.78 is 5.76. The Kier molecular flexibility index (Phi) is 4.35. The van der Waals surface area contributed by atoms with Crippen molar-refractivity contribution in [3.63, 3.8) is 0 Å². The summed E-state index contributed by atoms with van der Waals surface area (Å²) in [5.74, 6) is -0.834. The number of rotatable bonds is 4. The number of hydrogen-bond acceptors (Lipinski definition) is 4. The Morgan fingerprint density at radius 3 is 2.67 bits per heavy atom. The van der Waals surface area contributed by atoms with Crippen LogP contribution in [-0.4, -0.2) is 23.2 Å². The van der Waals surface area contributed by atoms with Crippen LogP contribution >= 0.6 is 11.3 Å². The molecule has 1 aromatic heterocycles. The highest BCUT2D eigenvalue weighted by Crippen LogP contribution is 2.40. The third kappa shape index (κ3) is 2.90. The molecule has 100 valence electrons. The van der Waals surface area contributed by atoms with Crippen LogP contribution in [0.4, 0.5) is 0 Å². The lowest BCUT2D eigenvalue weighted by atomic mass is 9.95. The fourth-order valence-corrected chi connectivity index (χ4v) is 3.61. The third-order valence-corrected chi connectivity index (χ3v) is 4.65. The van der Waals surface area contributed by atoms with Crippen molar-refractivity contribution in [1.82, 2.24) is 4.98 Å². The van der Waals surface area contributed by atoms with Crippen LogP contribution in [0.1, 0.15) is 49.2 Å². The molecule has 1 aliphatic carbocycles. The van der Waals surface area contributed by atoms with Crippen molar-refractivity contribution in [2.24, 2.45) is 0 Å². The lowest BCUT2D eigenvalue weighted by molar-refractivity contribution is -0.136. The first-order valence-electron chi connectivity index (χ1n) is 6.38. The van der Waals surface area contributed by atoms with Gasteiger partial charge in [-0.1, -0.05) is 25.7 Å². The fourth-order valence-electron chi connectivity index (χ4n) is 2.56. The molecule has 0 spiro atoms. The van der Waals surface area contributed by atoms with Crippen LogP contribution in [0, 0.1) is 0 Å².